The van der Waals surface area contributed by atoms with Crippen LogP contribution in [0.25, 0.3) is 22.2 Å². The van der Waals surface area contributed by atoms with Gasteiger partial charge in [-0.2, -0.15) is 0 Å². The fourth-order valence-electron chi connectivity index (χ4n) is 2.84. The van der Waals surface area contributed by atoms with Crippen LogP contribution in [-0.2, 0) is 0 Å². The van der Waals surface area contributed by atoms with Crippen LogP contribution in [0.5, 0.6) is 0 Å². The summed E-state index contributed by atoms with van der Waals surface area (Å²) in [4.78, 5) is 16.4. The molecule has 0 spiro atoms. The summed E-state index contributed by atoms with van der Waals surface area (Å²) in [5.41, 5.74) is 5.51. The number of aromatic nitrogens is 1. The van der Waals surface area contributed by atoms with Crippen LogP contribution in [0.2, 0.25) is 5.02 Å². The van der Waals surface area contributed by atoms with Crippen molar-refractivity contribution >= 4 is 28.5 Å². The van der Waals surface area contributed by atoms with Crippen LogP contribution in [0.15, 0.2) is 36.4 Å². The number of carbonyl (C=O) groups is 1. The first kappa shape index (κ1) is 15.5. The summed E-state index contributed by atoms with van der Waals surface area (Å²) >= 11 is 6.23. The van der Waals surface area contributed by atoms with Crippen LogP contribution in [0.3, 0.4) is 0 Å². The van der Waals surface area contributed by atoms with E-state index < -0.39 is 5.97 Å². The Hall–Kier alpha value is -2.39. The maximum absolute atomic E-state index is 11.7. The van der Waals surface area contributed by atoms with E-state index in [-0.39, 0.29) is 5.56 Å². The van der Waals surface area contributed by atoms with E-state index in [0.29, 0.717) is 21.6 Å². The first-order valence-electron chi connectivity index (χ1n) is 7.29. The van der Waals surface area contributed by atoms with Crippen molar-refractivity contribution in [1.82, 2.24) is 4.98 Å². The van der Waals surface area contributed by atoms with Crippen molar-refractivity contribution in [3.8, 4) is 11.3 Å². The van der Waals surface area contributed by atoms with Gasteiger partial charge in [-0.05, 0) is 44.0 Å². The van der Waals surface area contributed by atoms with Crippen molar-refractivity contribution in [1.29, 1.82) is 0 Å². The molecule has 0 fully saturated rings. The molecule has 3 nitrogen and oxygen atoms in total. The molecule has 0 saturated carbocycles. The first-order chi connectivity index (χ1) is 10.9. The maximum atomic E-state index is 11.7. The highest BCUT2D eigenvalue weighted by molar-refractivity contribution is 6.36. The van der Waals surface area contributed by atoms with E-state index in [1.54, 1.807) is 12.1 Å². The minimum absolute atomic E-state index is 0.179. The van der Waals surface area contributed by atoms with E-state index >= 15 is 0 Å². The Balaban J connectivity index is 2.40. The Kier molecular flexibility index (Phi) is 3.82. The van der Waals surface area contributed by atoms with E-state index in [1.165, 1.54) is 0 Å². The van der Waals surface area contributed by atoms with Gasteiger partial charge in [0, 0.05) is 10.9 Å². The number of nitrogens with zero attached hydrogens (tertiary/aromatic N) is 1. The lowest BCUT2D eigenvalue weighted by molar-refractivity contribution is 0.0699. The summed E-state index contributed by atoms with van der Waals surface area (Å²) in [6, 6.07) is 11.2. The zero-order chi connectivity index (χ0) is 16.7. The quantitative estimate of drug-likeness (QED) is 0.706. The molecule has 0 radical (unpaired) electrons. The zero-order valence-electron chi connectivity index (χ0n) is 13.1. The highest BCUT2D eigenvalue weighted by atomic mass is 35.5. The highest BCUT2D eigenvalue weighted by Crippen LogP contribution is 2.32. The number of aryl methyl sites for hydroxylation is 3. The molecule has 0 atom stereocenters. The SMILES string of the molecule is Cc1ccc(-c2cc(C(=O)O)c3c(Cl)ccc(C)c3n2)c(C)c1. The van der Waals surface area contributed by atoms with Gasteiger partial charge in [0.15, 0.2) is 0 Å². The molecular formula is C19H16ClNO2. The van der Waals surface area contributed by atoms with E-state index in [0.717, 1.165) is 22.3 Å². The third-order valence-electron chi connectivity index (χ3n) is 4.00. The van der Waals surface area contributed by atoms with Gasteiger partial charge in [0.1, 0.15) is 0 Å². The number of rotatable bonds is 2. The van der Waals surface area contributed by atoms with Gasteiger partial charge in [0.05, 0.1) is 21.8 Å². The van der Waals surface area contributed by atoms with Crippen LogP contribution >= 0.6 is 11.6 Å². The molecule has 116 valence electrons. The standard InChI is InChI=1S/C19H16ClNO2/c1-10-4-6-13(12(3)8-10)16-9-14(19(22)23)17-15(20)7-5-11(2)18(17)21-16/h4-9H,1-3H3,(H,22,23). The third kappa shape index (κ3) is 2.68. The summed E-state index contributed by atoms with van der Waals surface area (Å²) in [7, 11) is 0. The van der Waals surface area contributed by atoms with Gasteiger partial charge in [0.25, 0.3) is 0 Å². The third-order valence-corrected chi connectivity index (χ3v) is 4.31. The van der Waals surface area contributed by atoms with Gasteiger partial charge in [0.2, 0.25) is 0 Å². The molecule has 0 amide bonds. The number of benzene rings is 2. The molecule has 1 aromatic heterocycles. The van der Waals surface area contributed by atoms with Crippen LogP contribution in [0, 0.1) is 20.8 Å². The molecule has 1 N–H and O–H groups in total. The number of carboxylic acid groups (broad SMARTS) is 1. The van der Waals surface area contributed by atoms with Gasteiger partial charge in [-0.3, -0.25) is 0 Å². The summed E-state index contributed by atoms with van der Waals surface area (Å²) in [5, 5.41) is 10.5. The minimum Gasteiger partial charge on any atom is -0.478 e. The summed E-state index contributed by atoms with van der Waals surface area (Å²) in [6.45, 7) is 5.93. The Morgan fingerprint density at radius 1 is 1.04 bits per heavy atom. The molecule has 0 aliphatic rings. The van der Waals surface area contributed by atoms with Crippen molar-refractivity contribution in [2.24, 2.45) is 0 Å². The van der Waals surface area contributed by atoms with Crippen LogP contribution in [0.1, 0.15) is 27.0 Å². The molecule has 0 aliphatic carbocycles. The van der Waals surface area contributed by atoms with E-state index in [9.17, 15) is 9.90 Å². The number of halogens is 1. The van der Waals surface area contributed by atoms with Crippen molar-refractivity contribution in [3.63, 3.8) is 0 Å². The maximum Gasteiger partial charge on any atom is 0.336 e. The van der Waals surface area contributed by atoms with Gasteiger partial charge in [-0.15, -0.1) is 0 Å². The molecule has 2 aromatic carbocycles. The molecule has 4 heteroatoms. The van der Waals surface area contributed by atoms with Crippen molar-refractivity contribution in [3.05, 3.63) is 63.7 Å². The number of aromatic carboxylic acids is 1. The second kappa shape index (κ2) is 5.67. The summed E-state index contributed by atoms with van der Waals surface area (Å²) < 4.78 is 0. The molecule has 3 aromatic rings. The molecular weight excluding hydrogens is 310 g/mol. The fraction of sp³-hybridized carbons (Fsp3) is 0.158. The van der Waals surface area contributed by atoms with Crippen molar-refractivity contribution in [2.75, 3.05) is 0 Å². The number of hydrogen-bond donors (Lipinski definition) is 1. The molecule has 0 aliphatic heterocycles. The van der Waals surface area contributed by atoms with Crippen molar-refractivity contribution < 1.29 is 9.90 Å². The largest absolute Gasteiger partial charge is 0.478 e. The average Bonchev–Trinajstić information content (AvgIpc) is 2.50. The highest BCUT2D eigenvalue weighted by Gasteiger charge is 2.17. The number of carboxylic acids is 1. The van der Waals surface area contributed by atoms with Crippen LogP contribution in [-0.4, -0.2) is 16.1 Å². The van der Waals surface area contributed by atoms with Gasteiger partial charge >= 0.3 is 5.97 Å². The predicted octanol–water partition coefficient (Wildman–Crippen LogP) is 5.18. The van der Waals surface area contributed by atoms with Crippen LogP contribution < -0.4 is 0 Å². The Morgan fingerprint density at radius 3 is 2.43 bits per heavy atom. The normalized spacial score (nSPS) is 11.0. The lowest BCUT2D eigenvalue weighted by atomic mass is 9.98. The predicted molar refractivity (Wildman–Crippen MR) is 93.4 cm³/mol. The van der Waals surface area contributed by atoms with E-state index in [1.807, 2.05) is 39.0 Å². The second-order valence-electron chi connectivity index (χ2n) is 5.77. The molecule has 1 heterocycles. The molecule has 23 heavy (non-hydrogen) atoms. The molecule has 3 rings (SSSR count). The first-order valence-corrected chi connectivity index (χ1v) is 7.67. The second-order valence-corrected chi connectivity index (χ2v) is 6.17. The molecule has 0 bridgehead atoms. The van der Waals surface area contributed by atoms with Crippen LogP contribution in [0.4, 0.5) is 0 Å². The molecule has 0 unspecified atom stereocenters. The minimum atomic E-state index is -1.00. The van der Waals surface area contributed by atoms with Gasteiger partial charge in [-0.25, -0.2) is 9.78 Å². The smallest absolute Gasteiger partial charge is 0.336 e. The summed E-state index contributed by atoms with van der Waals surface area (Å²) in [5.74, 6) is -1.00. The number of fused-ring (bicyclic) bond motifs is 1. The Morgan fingerprint density at radius 2 is 1.78 bits per heavy atom. The van der Waals surface area contributed by atoms with Gasteiger partial charge < -0.3 is 5.11 Å². The fourth-order valence-corrected chi connectivity index (χ4v) is 3.09. The summed E-state index contributed by atoms with van der Waals surface area (Å²) in [6.07, 6.45) is 0. The topological polar surface area (TPSA) is 50.2 Å². The molecule has 0 saturated heterocycles. The Bertz CT molecular complexity index is 948. The van der Waals surface area contributed by atoms with E-state index in [2.05, 4.69) is 6.07 Å². The zero-order valence-corrected chi connectivity index (χ0v) is 13.9. The van der Waals surface area contributed by atoms with E-state index in [4.69, 9.17) is 16.6 Å². The van der Waals surface area contributed by atoms with Gasteiger partial charge in [-0.1, -0.05) is 41.4 Å². The average molecular weight is 326 g/mol. The number of pyridine rings is 1. The lowest BCUT2D eigenvalue weighted by Gasteiger charge is -2.12. The monoisotopic (exact) mass is 325 g/mol. The number of hydrogen-bond acceptors (Lipinski definition) is 2. The van der Waals surface area contributed by atoms with Crippen molar-refractivity contribution in [2.45, 2.75) is 20.8 Å². The Labute approximate surface area is 139 Å². The lowest BCUT2D eigenvalue weighted by Crippen LogP contribution is -2.02.